The molecule has 0 amide bonds. The number of rotatable bonds is 4. The van der Waals surface area contributed by atoms with Crippen LogP contribution in [0, 0.1) is 23.7 Å². The van der Waals surface area contributed by atoms with E-state index in [9.17, 15) is 0 Å². The lowest BCUT2D eigenvalue weighted by atomic mass is 9.54. The van der Waals surface area contributed by atoms with E-state index in [2.05, 4.69) is 12.2 Å². The van der Waals surface area contributed by atoms with E-state index in [4.69, 9.17) is 4.74 Å². The molecule has 0 saturated heterocycles. The fourth-order valence-electron chi connectivity index (χ4n) is 4.82. The zero-order valence-corrected chi connectivity index (χ0v) is 10.6. The van der Waals surface area contributed by atoms with Crippen LogP contribution in [-0.2, 0) is 4.74 Å². The molecule has 0 spiro atoms. The van der Waals surface area contributed by atoms with Crippen LogP contribution in [0.15, 0.2) is 0 Å². The van der Waals surface area contributed by atoms with E-state index in [1.165, 1.54) is 25.7 Å². The van der Waals surface area contributed by atoms with Crippen molar-refractivity contribution in [2.24, 2.45) is 23.7 Å². The average molecular weight is 223 g/mol. The highest BCUT2D eigenvalue weighted by atomic mass is 16.5. The van der Waals surface area contributed by atoms with E-state index in [1.807, 2.05) is 0 Å². The predicted molar refractivity (Wildman–Crippen MR) is 65.3 cm³/mol. The van der Waals surface area contributed by atoms with Crippen molar-refractivity contribution in [2.75, 3.05) is 13.7 Å². The molecule has 92 valence electrons. The molecule has 0 aromatic carbocycles. The SMILES string of the molecule is COC[C@@H](C)NC1C2CC3CC(C2)CC1C3. The summed E-state index contributed by atoms with van der Waals surface area (Å²) in [7, 11) is 1.80. The number of methoxy groups -OCH3 is 1. The van der Waals surface area contributed by atoms with Gasteiger partial charge in [0.25, 0.3) is 0 Å². The fraction of sp³-hybridized carbons (Fsp3) is 1.00. The maximum atomic E-state index is 5.23. The van der Waals surface area contributed by atoms with E-state index in [0.717, 1.165) is 36.3 Å². The monoisotopic (exact) mass is 223 g/mol. The van der Waals surface area contributed by atoms with Gasteiger partial charge in [-0.15, -0.1) is 0 Å². The fourth-order valence-corrected chi connectivity index (χ4v) is 4.82. The first-order valence-electron chi connectivity index (χ1n) is 7.01. The Morgan fingerprint density at radius 2 is 1.62 bits per heavy atom. The molecule has 4 aliphatic rings. The van der Waals surface area contributed by atoms with Gasteiger partial charge in [0.05, 0.1) is 6.61 Å². The number of nitrogens with one attached hydrogen (secondary N) is 1. The second-order valence-electron chi connectivity index (χ2n) is 6.48. The van der Waals surface area contributed by atoms with Crippen LogP contribution in [0.25, 0.3) is 0 Å². The van der Waals surface area contributed by atoms with Crippen LogP contribution >= 0.6 is 0 Å². The lowest BCUT2D eigenvalue weighted by molar-refractivity contribution is -0.0201. The summed E-state index contributed by atoms with van der Waals surface area (Å²) in [5.41, 5.74) is 0. The molecule has 4 rings (SSSR count). The van der Waals surface area contributed by atoms with Crippen LogP contribution in [0.1, 0.15) is 39.0 Å². The molecule has 1 N–H and O–H groups in total. The van der Waals surface area contributed by atoms with Gasteiger partial charge in [-0.05, 0) is 62.7 Å². The molecule has 1 atom stereocenters. The summed E-state index contributed by atoms with van der Waals surface area (Å²) in [6.07, 6.45) is 7.57. The molecule has 4 fully saturated rings. The topological polar surface area (TPSA) is 21.3 Å². The smallest absolute Gasteiger partial charge is 0.0613 e. The van der Waals surface area contributed by atoms with Crippen molar-refractivity contribution in [1.82, 2.24) is 5.32 Å². The lowest BCUT2D eigenvalue weighted by Crippen LogP contribution is -2.56. The Morgan fingerprint density at radius 3 is 2.12 bits per heavy atom. The van der Waals surface area contributed by atoms with E-state index >= 15 is 0 Å². The average Bonchev–Trinajstić information content (AvgIpc) is 2.23. The van der Waals surface area contributed by atoms with Crippen molar-refractivity contribution in [3.05, 3.63) is 0 Å². The lowest BCUT2D eigenvalue weighted by Gasteiger charge is -2.55. The third-order valence-corrected chi connectivity index (χ3v) is 5.12. The van der Waals surface area contributed by atoms with Crippen molar-refractivity contribution in [3.63, 3.8) is 0 Å². The van der Waals surface area contributed by atoms with E-state index in [0.29, 0.717) is 6.04 Å². The molecule has 0 aromatic heterocycles. The molecule has 0 aliphatic heterocycles. The Kier molecular flexibility index (Phi) is 2.97. The van der Waals surface area contributed by atoms with Gasteiger partial charge in [0.2, 0.25) is 0 Å². The Morgan fingerprint density at radius 1 is 1.06 bits per heavy atom. The van der Waals surface area contributed by atoms with Gasteiger partial charge in [-0.25, -0.2) is 0 Å². The second kappa shape index (κ2) is 4.30. The second-order valence-corrected chi connectivity index (χ2v) is 6.48. The maximum absolute atomic E-state index is 5.23. The molecule has 4 bridgehead atoms. The maximum Gasteiger partial charge on any atom is 0.0613 e. The summed E-state index contributed by atoms with van der Waals surface area (Å²) in [6, 6.07) is 1.32. The molecule has 2 nitrogen and oxygen atoms in total. The van der Waals surface area contributed by atoms with Crippen molar-refractivity contribution in [2.45, 2.75) is 51.1 Å². The largest absolute Gasteiger partial charge is 0.383 e. The van der Waals surface area contributed by atoms with Crippen LogP contribution in [0.4, 0.5) is 0 Å². The van der Waals surface area contributed by atoms with Gasteiger partial charge in [0.15, 0.2) is 0 Å². The Balaban J connectivity index is 1.63. The van der Waals surface area contributed by atoms with Crippen LogP contribution < -0.4 is 5.32 Å². The highest BCUT2D eigenvalue weighted by Gasteiger charge is 2.48. The summed E-state index contributed by atoms with van der Waals surface area (Å²) in [5, 5.41) is 3.84. The Labute approximate surface area is 99.1 Å². The molecule has 4 saturated carbocycles. The molecule has 16 heavy (non-hydrogen) atoms. The van der Waals surface area contributed by atoms with Gasteiger partial charge in [-0.1, -0.05) is 0 Å². The van der Waals surface area contributed by atoms with E-state index in [-0.39, 0.29) is 0 Å². The molecule has 0 radical (unpaired) electrons. The quantitative estimate of drug-likeness (QED) is 0.790. The Bertz CT molecular complexity index is 225. The third kappa shape index (κ3) is 1.91. The van der Waals surface area contributed by atoms with Gasteiger partial charge in [0, 0.05) is 19.2 Å². The molecule has 2 heteroatoms. The van der Waals surface area contributed by atoms with Gasteiger partial charge >= 0.3 is 0 Å². The summed E-state index contributed by atoms with van der Waals surface area (Å²) < 4.78 is 5.23. The molecular formula is C14H25NO. The van der Waals surface area contributed by atoms with Crippen molar-refractivity contribution in [1.29, 1.82) is 0 Å². The number of ether oxygens (including phenoxy) is 1. The summed E-state index contributed by atoms with van der Waals surface area (Å²) >= 11 is 0. The Hall–Kier alpha value is -0.0800. The molecule has 0 heterocycles. The first-order valence-corrected chi connectivity index (χ1v) is 7.01. The van der Waals surface area contributed by atoms with Crippen LogP contribution in [0.3, 0.4) is 0 Å². The summed E-state index contributed by atoms with van der Waals surface area (Å²) in [6.45, 7) is 3.11. The van der Waals surface area contributed by atoms with Gasteiger partial charge in [-0.3, -0.25) is 0 Å². The van der Waals surface area contributed by atoms with E-state index < -0.39 is 0 Å². The minimum absolute atomic E-state index is 0.521. The molecule has 0 unspecified atom stereocenters. The predicted octanol–water partition coefficient (Wildman–Crippen LogP) is 2.44. The van der Waals surface area contributed by atoms with Crippen molar-refractivity contribution < 1.29 is 4.74 Å². The van der Waals surface area contributed by atoms with Gasteiger partial charge in [0.1, 0.15) is 0 Å². The highest BCUT2D eigenvalue weighted by Crippen LogP contribution is 2.53. The molecular weight excluding hydrogens is 198 g/mol. The molecule has 4 aliphatic carbocycles. The minimum Gasteiger partial charge on any atom is -0.383 e. The number of hydrogen-bond acceptors (Lipinski definition) is 2. The van der Waals surface area contributed by atoms with Gasteiger partial charge < -0.3 is 10.1 Å². The van der Waals surface area contributed by atoms with Crippen molar-refractivity contribution >= 4 is 0 Å². The molecule has 0 aromatic rings. The first kappa shape index (κ1) is 11.0. The number of hydrogen-bond donors (Lipinski definition) is 1. The summed E-state index contributed by atoms with van der Waals surface area (Å²) in [4.78, 5) is 0. The third-order valence-electron chi connectivity index (χ3n) is 5.12. The van der Waals surface area contributed by atoms with Crippen molar-refractivity contribution in [3.8, 4) is 0 Å². The van der Waals surface area contributed by atoms with E-state index in [1.54, 1.807) is 13.5 Å². The zero-order valence-electron chi connectivity index (χ0n) is 10.6. The van der Waals surface area contributed by atoms with Crippen LogP contribution in [-0.4, -0.2) is 25.8 Å². The standard InChI is InChI=1S/C14H25NO/c1-9(8-16-2)15-14-12-4-10-3-11(6-12)7-13(14)5-10/h9-15H,3-8H2,1-2H3/t9-,10?,11?,12?,13?,14?/m1/s1. The zero-order chi connectivity index (χ0) is 11.1. The summed E-state index contributed by atoms with van der Waals surface area (Å²) in [5.74, 6) is 4.13. The first-order chi connectivity index (χ1) is 7.76. The normalized spacial score (nSPS) is 47.2. The van der Waals surface area contributed by atoms with Gasteiger partial charge in [-0.2, -0.15) is 0 Å². The van der Waals surface area contributed by atoms with Crippen LogP contribution in [0.2, 0.25) is 0 Å². The highest BCUT2D eigenvalue weighted by molar-refractivity contribution is 5.01. The minimum atomic E-state index is 0.521. The van der Waals surface area contributed by atoms with Crippen LogP contribution in [0.5, 0.6) is 0 Å².